The van der Waals surface area contributed by atoms with Crippen LogP contribution in [-0.2, 0) is 0 Å². The molecule has 0 N–H and O–H groups in total. The molecule has 9 aromatic rings. The summed E-state index contributed by atoms with van der Waals surface area (Å²) in [6.07, 6.45) is 0. The topological polar surface area (TPSA) is 22.8 Å². The predicted molar refractivity (Wildman–Crippen MR) is 184 cm³/mol. The van der Waals surface area contributed by atoms with E-state index in [1.165, 1.54) is 43.7 Å². The summed E-state index contributed by atoms with van der Waals surface area (Å²) in [6, 6.07) is 58.2. The van der Waals surface area contributed by atoms with Crippen molar-refractivity contribution in [1.82, 2.24) is 14.1 Å². The highest BCUT2D eigenvalue weighted by atomic mass is 15.1. The second kappa shape index (κ2) is 9.82. The molecule has 0 spiro atoms. The Labute approximate surface area is 254 Å². The lowest BCUT2D eigenvalue weighted by Crippen LogP contribution is -2.00. The summed E-state index contributed by atoms with van der Waals surface area (Å²) in [5.41, 5.74) is 10.2. The van der Waals surface area contributed by atoms with Gasteiger partial charge in [-0.1, -0.05) is 121 Å². The Morgan fingerprint density at radius 1 is 0.386 bits per heavy atom. The molecule has 0 saturated carbocycles. The maximum Gasteiger partial charge on any atom is 0.138 e. The fraction of sp³-hybridized carbons (Fsp3) is 0. The molecule has 0 unspecified atom stereocenters. The molecule has 0 amide bonds. The van der Waals surface area contributed by atoms with Gasteiger partial charge in [-0.3, -0.25) is 4.57 Å². The van der Waals surface area contributed by atoms with Crippen molar-refractivity contribution in [3.05, 3.63) is 164 Å². The fourth-order valence-corrected chi connectivity index (χ4v) is 6.79. The van der Waals surface area contributed by atoms with E-state index in [4.69, 9.17) is 4.98 Å². The van der Waals surface area contributed by atoms with Crippen molar-refractivity contribution in [1.29, 1.82) is 0 Å². The Morgan fingerprint density at radius 2 is 0.977 bits per heavy atom. The minimum Gasteiger partial charge on any atom is -0.309 e. The first-order valence-electron chi connectivity index (χ1n) is 15.0. The first-order chi connectivity index (χ1) is 21.8. The second-order valence-electron chi connectivity index (χ2n) is 11.2. The van der Waals surface area contributed by atoms with E-state index >= 15 is 0 Å². The Kier molecular flexibility index (Phi) is 5.50. The summed E-state index contributed by atoms with van der Waals surface area (Å²) >= 11 is 0. The van der Waals surface area contributed by atoms with Crippen molar-refractivity contribution in [2.45, 2.75) is 0 Å². The summed E-state index contributed by atoms with van der Waals surface area (Å²) in [5.74, 6) is 0.903. The zero-order valence-electron chi connectivity index (χ0n) is 23.9. The number of para-hydroxylation sites is 3. The summed E-state index contributed by atoms with van der Waals surface area (Å²) in [5, 5.41) is 4.89. The lowest BCUT2D eigenvalue weighted by molar-refractivity contribution is 1.09. The number of nitrogens with zero attached hydrogens (tertiary/aromatic N) is 3. The van der Waals surface area contributed by atoms with Crippen LogP contribution >= 0.6 is 0 Å². The molecule has 206 valence electrons. The first-order valence-corrected chi connectivity index (χ1v) is 15.0. The van der Waals surface area contributed by atoms with Gasteiger partial charge in [-0.25, -0.2) is 4.98 Å². The monoisotopic (exact) mass is 561 g/mol. The van der Waals surface area contributed by atoms with Crippen molar-refractivity contribution in [3.8, 4) is 33.9 Å². The molecule has 0 radical (unpaired) electrons. The van der Waals surface area contributed by atoms with E-state index in [-0.39, 0.29) is 0 Å². The van der Waals surface area contributed by atoms with Crippen molar-refractivity contribution < 1.29 is 0 Å². The van der Waals surface area contributed by atoms with E-state index in [0.29, 0.717) is 0 Å². The standard InChI is InChI=1S/C41H27N3/c1-4-14-28(15-5-1)30-26-35(29-16-6-2-7-17-29)42-39(27-30)44-36-22-12-10-20-32(36)33-24-25-38-40(41(33)44)34-21-11-13-23-37(34)43(38)31-18-8-3-9-19-31/h1-27H. The lowest BCUT2D eigenvalue weighted by atomic mass is 10.0. The van der Waals surface area contributed by atoms with Crippen molar-refractivity contribution in [2.75, 3.05) is 0 Å². The first kappa shape index (κ1) is 24.6. The normalized spacial score (nSPS) is 11.6. The summed E-state index contributed by atoms with van der Waals surface area (Å²) in [4.78, 5) is 5.38. The highest BCUT2D eigenvalue weighted by Crippen LogP contribution is 2.42. The van der Waals surface area contributed by atoms with Crippen molar-refractivity contribution in [2.24, 2.45) is 0 Å². The van der Waals surface area contributed by atoms with Crippen LogP contribution in [-0.4, -0.2) is 14.1 Å². The van der Waals surface area contributed by atoms with Gasteiger partial charge in [0.2, 0.25) is 0 Å². The number of fused-ring (bicyclic) bond motifs is 7. The second-order valence-corrected chi connectivity index (χ2v) is 11.2. The van der Waals surface area contributed by atoms with Crippen LogP contribution in [0.15, 0.2) is 164 Å². The Balaban J connectivity index is 1.46. The molecule has 3 heteroatoms. The third-order valence-electron chi connectivity index (χ3n) is 8.70. The number of rotatable bonds is 4. The van der Waals surface area contributed by atoms with Crippen LogP contribution in [0.25, 0.3) is 77.5 Å². The number of benzene rings is 6. The van der Waals surface area contributed by atoms with Gasteiger partial charge >= 0.3 is 0 Å². The van der Waals surface area contributed by atoms with Gasteiger partial charge in [0.25, 0.3) is 0 Å². The van der Waals surface area contributed by atoms with E-state index in [1.807, 2.05) is 0 Å². The predicted octanol–water partition coefficient (Wildman–Crippen LogP) is 10.6. The van der Waals surface area contributed by atoms with Gasteiger partial charge in [0.1, 0.15) is 5.82 Å². The molecule has 3 aromatic heterocycles. The molecule has 0 aliphatic carbocycles. The van der Waals surface area contributed by atoms with Crippen LogP contribution in [0.2, 0.25) is 0 Å². The van der Waals surface area contributed by atoms with Gasteiger partial charge in [-0.15, -0.1) is 0 Å². The molecular formula is C41H27N3. The molecule has 0 saturated heterocycles. The van der Waals surface area contributed by atoms with Crippen LogP contribution in [0.3, 0.4) is 0 Å². The van der Waals surface area contributed by atoms with Gasteiger partial charge in [0.15, 0.2) is 0 Å². The van der Waals surface area contributed by atoms with Gasteiger partial charge in [0.05, 0.1) is 27.8 Å². The number of hydrogen-bond acceptors (Lipinski definition) is 1. The number of pyridine rings is 1. The third kappa shape index (κ3) is 3.73. The average Bonchev–Trinajstić information content (AvgIpc) is 3.62. The van der Waals surface area contributed by atoms with E-state index in [9.17, 15) is 0 Å². The van der Waals surface area contributed by atoms with Gasteiger partial charge in [0, 0.05) is 32.8 Å². The quantitative estimate of drug-likeness (QED) is 0.210. The lowest BCUT2D eigenvalue weighted by Gasteiger charge is -2.13. The molecule has 0 aliphatic rings. The Hall–Kier alpha value is -5.93. The van der Waals surface area contributed by atoms with Gasteiger partial charge in [-0.2, -0.15) is 0 Å². The maximum absolute atomic E-state index is 5.38. The Morgan fingerprint density at radius 3 is 1.70 bits per heavy atom. The smallest absolute Gasteiger partial charge is 0.138 e. The van der Waals surface area contributed by atoms with Crippen LogP contribution in [0.4, 0.5) is 0 Å². The van der Waals surface area contributed by atoms with Crippen LogP contribution in [0.5, 0.6) is 0 Å². The third-order valence-corrected chi connectivity index (χ3v) is 8.70. The molecule has 9 rings (SSSR count). The molecule has 0 atom stereocenters. The highest BCUT2D eigenvalue weighted by molar-refractivity contribution is 6.26. The molecule has 3 nitrogen and oxygen atoms in total. The van der Waals surface area contributed by atoms with Crippen LogP contribution < -0.4 is 0 Å². The van der Waals surface area contributed by atoms with E-state index in [0.717, 1.165) is 33.8 Å². The minimum atomic E-state index is 0.903. The van der Waals surface area contributed by atoms with Gasteiger partial charge < -0.3 is 4.57 Å². The molecule has 44 heavy (non-hydrogen) atoms. The number of aromatic nitrogens is 3. The van der Waals surface area contributed by atoms with Crippen LogP contribution in [0, 0.1) is 0 Å². The zero-order valence-corrected chi connectivity index (χ0v) is 23.9. The minimum absolute atomic E-state index is 0.903. The highest BCUT2D eigenvalue weighted by Gasteiger charge is 2.21. The van der Waals surface area contributed by atoms with Gasteiger partial charge in [-0.05, 0) is 53.6 Å². The zero-order chi connectivity index (χ0) is 29.0. The molecule has 0 fully saturated rings. The molecule has 0 bridgehead atoms. The van der Waals surface area contributed by atoms with Crippen LogP contribution in [0.1, 0.15) is 0 Å². The summed E-state index contributed by atoms with van der Waals surface area (Å²) in [6.45, 7) is 0. The Bertz CT molecular complexity index is 2410. The summed E-state index contributed by atoms with van der Waals surface area (Å²) in [7, 11) is 0. The van der Waals surface area contributed by atoms with E-state index in [2.05, 4.69) is 173 Å². The molecular weight excluding hydrogens is 534 g/mol. The van der Waals surface area contributed by atoms with E-state index in [1.54, 1.807) is 0 Å². The summed E-state index contributed by atoms with van der Waals surface area (Å²) < 4.78 is 4.77. The molecule has 3 heterocycles. The van der Waals surface area contributed by atoms with E-state index < -0.39 is 0 Å². The SMILES string of the molecule is c1ccc(-c2cc(-c3ccccc3)nc(-n3c4ccccc4c4ccc5c(c6ccccc6n5-c5ccccc5)c43)c2)cc1. The average molecular weight is 562 g/mol. The number of hydrogen-bond donors (Lipinski definition) is 0. The molecule has 0 aliphatic heterocycles. The fourth-order valence-electron chi connectivity index (χ4n) is 6.79. The van der Waals surface area contributed by atoms with Crippen molar-refractivity contribution in [3.63, 3.8) is 0 Å². The molecule has 6 aromatic carbocycles. The largest absolute Gasteiger partial charge is 0.309 e. The maximum atomic E-state index is 5.38. The van der Waals surface area contributed by atoms with Crippen molar-refractivity contribution >= 4 is 43.6 Å².